The Labute approximate surface area is 191 Å². The second kappa shape index (κ2) is 8.77. The number of hydrogen-bond acceptors (Lipinski definition) is 6. The lowest BCUT2D eigenvalue weighted by atomic mass is 9.58. The zero-order valence-electron chi connectivity index (χ0n) is 17.1. The minimum atomic E-state index is -1.74. The minimum Gasteiger partial charge on any atom is -0.489 e. The Morgan fingerprint density at radius 3 is 2.53 bits per heavy atom. The number of ether oxygens (including phenoxy) is 2. The molecule has 32 heavy (non-hydrogen) atoms. The molecule has 0 aromatic heterocycles. The van der Waals surface area contributed by atoms with Crippen molar-refractivity contribution in [2.75, 3.05) is 13.2 Å². The van der Waals surface area contributed by atoms with E-state index in [1.807, 2.05) is 36.4 Å². The van der Waals surface area contributed by atoms with Crippen LogP contribution in [0, 0.1) is 45.3 Å². The summed E-state index contributed by atoms with van der Waals surface area (Å²) < 4.78 is 11.8. The number of para-hydroxylation sites is 1. The lowest BCUT2D eigenvalue weighted by molar-refractivity contribution is 0.0970. The van der Waals surface area contributed by atoms with Gasteiger partial charge in [-0.1, -0.05) is 54.1 Å². The van der Waals surface area contributed by atoms with E-state index in [0.29, 0.717) is 28.5 Å². The van der Waals surface area contributed by atoms with Gasteiger partial charge >= 0.3 is 0 Å². The Balaban J connectivity index is 1.84. The molecule has 0 radical (unpaired) electrons. The number of halogens is 1. The molecule has 1 aliphatic heterocycles. The third-order valence-corrected chi connectivity index (χ3v) is 6.40. The van der Waals surface area contributed by atoms with Crippen LogP contribution in [0.1, 0.15) is 17.0 Å². The highest BCUT2D eigenvalue weighted by Gasteiger charge is 2.54. The topological polar surface area (TPSA) is 116 Å². The first kappa shape index (κ1) is 21.5. The molecule has 4 rings (SSSR count). The Morgan fingerprint density at radius 1 is 1.09 bits per heavy atom. The first-order chi connectivity index (χ1) is 15.6. The lowest BCUT2D eigenvalue weighted by Crippen LogP contribution is -2.44. The second-order valence-corrected chi connectivity index (χ2v) is 8.04. The first-order valence-electron chi connectivity index (χ1n) is 10.0. The van der Waals surface area contributed by atoms with Crippen molar-refractivity contribution in [2.24, 2.45) is 17.1 Å². The van der Waals surface area contributed by atoms with Gasteiger partial charge in [-0.05, 0) is 17.7 Å². The van der Waals surface area contributed by atoms with Crippen LogP contribution >= 0.6 is 11.6 Å². The molecular weight excluding hydrogens is 424 g/mol. The van der Waals surface area contributed by atoms with Crippen LogP contribution in [-0.2, 0) is 11.3 Å². The predicted molar refractivity (Wildman–Crippen MR) is 118 cm³/mol. The van der Waals surface area contributed by atoms with Gasteiger partial charge in [0.1, 0.15) is 18.4 Å². The lowest BCUT2D eigenvalue weighted by Gasteiger charge is -2.43. The van der Waals surface area contributed by atoms with Crippen molar-refractivity contribution in [3.8, 4) is 24.0 Å². The molecule has 0 saturated carbocycles. The number of hydrogen-bond donors (Lipinski definition) is 1. The molecular formula is C25H19ClN4O2. The van der Waals surface area contributed by atoms with Crippen molar-refractivity contribution in [3.05, 3.63) is 87.6 Å². The standard InChI is InChI=1S/C25H19ClN4O2/c26-21-7-3-1-5-16(21)12-32-22-8-4-2-6-18(22)23-20-13-31-10-9-17(20)19(11-27)24(30)25(23,14-28)15-29/h1-9,20,23H,10,12-13,30H2/t20-,23-/m1/s1. The SMILES string of the molecule is N#CC1=C(N)C(C#N)(C#N)[C@H](c2ccccc2OCc2ccccc2Cl)[C@@H]2COCC=C12. The monoisotopic (exact) mass is 442 g/mol. The van der Waals surface area contributed by atoms with Gasteiger partial charge in [0.2, 0.25) is 0 Å². The van der Waals surface area contributed by atoms with Crippen LogP contribution in [0.25, 0.3) is 0 Å². The van der Waals surface area contributed by atoms with Crippen LogP contribution in [0.2, 0.25) is 5.02 Å². The number of benzene rings is 2. The van der Waals surface area contributed by atoms with Crippen LogP contribution in [-0.4, -0.2) is 13.2 Å². The summed E-state index contributed by atoms with van der Waals surface area (Å²) in [6.45, 7) is 0.820. The van der Waals surface area contributed by atoms with Crippen molar-refractivity contribution in [2.45, 2.75) is 12.5 Å². The van der Waals surface area contributed by atoms with Gasteiger partial charge in [0.05, 0.1) is 36.6 Å². The van der Waals surface area contributed by atoms with E-state index in [9.17, 15) is 15.8 Å². The van der Waals surface area contributed by atoms with E-state index in [1.165, 1.54) is 0 Å². The van der Waals surface area contributed by atoms with E-state index in [-0.39, 0.29) is 24.5 Å². The zero-order chi connectivity index (χ0) is 22.7. The Morgan fingerprint density at radius 2 is 1.81 bits per heavy atom. The summed E-state index contributed by atoms with van der Waals surface area (Å²) in [6.07, 6.45) is 1.80. The molecule has 0 spiro atoms. The molecule has 0 fully saturated rings. The number of fused-ring (bicyclic) bond motifs is 1. The molecule has 6 nitrogen and oxygen atoms in total. The van der Waals surface area contributed by atoms with E-state index >= 15 is 0 Å². The summed E-state index contributed by atoms with van der Waals surface area (Å²) in [5, 5.41) is 30.7. The molecule has 2 atom stereocenters. The van der Waals surface area contributed by atoms with Crippen molar-refractivity contribution in [1.82, 2.24) is 0 Å². The minimum absolute atomic E-state index is 0.0275. The summed E-state index contributed by atoms with van der Waals surface area (Å²) >= 11 is 6.27. The molecule has 1 heterocycles. The van der Waals surface area contributed by atoms with Crippen LogP contribution in [0.5, 0.6) is 5.75 Å². The molecule has 0 amide bonds. The van der Waals surface area contributed by atoms with E-state index in [4.69, 9.17) is 26.8 Å². The average Bonchev–Trinajstić information content (AvgIpc) is 2.83. The van der Waals surface area contributed by atoms with Gasteiger partial charge in [-0.2, -0.15) is 15.8 Å². The fourth-order valence-electron chi connectivity index (χ4n) is 4.47. The van der Waals surface area contributed by atoms with Gasteiger partial charge in [0.15, 0.2) is 5.41 Å². The summed E-state index contributed by atoms with van der Waals surface area (Å²) in [7, 11) is 0. The third-order valence-electron chi connectivity index (χ3n) is 6.03. The summed E-state index contributed by atoms with van der Waals surface area (Å²) in [4.78, 5) is 0. The maximum absolute atomic E-state index is 10.2. The van der Waals surface area contributed by atoms with Crippen LogP contribution in [0.3, 0.4) is 0 Å². The molecule has 0 bridgehead atoms. The molecule has 2 N–H and O–H groups in total. The molecule has 0 unspecified atom stereocenters. The summed E-state index contributed by atoms with van der Waals surface area (Å²) in [5.41, 5.74) is 6.93. The molecule has 0 saturated heterocycles. The van der Waals surface area contributed by atoms with Gasteiger partial charge in [-0.25, -0.2) is 0 Å². The van der Waals surface area contributed by atoms with Gasteiger partial charge < -0.3 is 15.2 Å². The second-order valence-electron chi connectivity index (χ2n) is 7.63. The maximum Gasteiger partial charge on any atom is 0.191 e. The predicted octanol–water partition coefficient (Wildman–Crippen LogP) is 4.36. The van der Waals surface area contributed by atoms with Gasteiger partial charge in [0.25, 0.3) is 0 Å². The van der Waals surface area contributed by atoms with Crippen LogP contribution in [0.15, 0.2) is 71.5 Å². The zero-order valence-corrected chi connectivity index (χ0v) is 17.8. The first-order valence-corrected chi connectivity index (χ1v) is 10.4. The highest BCUT2D eigenvalue weighted by atomic mass is 35.5. The van der Waals surface area contributed by atoms with Crippen molar-refractivity contribution in [3.63, 3.8) is 0 Å². The number of nitrogens with zero attached hydrogens (tertiary/aromatic N) is 3. The smallest absolute Gasteiger partial charge is 0.191 e. The fourth-order valence-corrected chi connectivity index (χ4v) is 4.66. The normalized spacial score (nSPS) is 21.4. The Bertz CT molecular complexity index is 1230. The fraction of sp³-hybridized carbons (Fsp3) is 0.240. The molecule has 2 aliphatic rings. The maximum atomic E-state index is 10.2. The number of nitriles is 3. The van der Waals surface area contributed by atoms with E-state index in [0.717, 1.165) is 5.56 Å². The third kappa shape index (κ3) is 3.39. The quantitative estimate of drug-likeness (QED) is 0.751. The number of rotatable bonds is 4. The van der Waals surface area contributed by atoms with Gasteiger partial charge in [0, 0.05) is 28.0 Å². The average molecular weight is 443 g/mol. The molecule has 7 heteroatoms. The van der Waals surface area contributed by atoms with Gasteiger partial charge in [-0.15, -0.1) is 0 Å². The van der Waals surface area contributed by atoms with Crippen LogP contribution in [0.4, 0.5) is 0 Å². The largest absolute Gasteiger partial charge is 0.489 e. The summed E-state index contributed by atoms with van der Waals surface area (Å²) in [6, 6.07) is 21.0. The summed E-state index contributed by atoms with van der Waals surface area (Å²) in [5.74, 6) is -0.552. The van der Waals surface area contributed by atoms with Gasteiger partial charge in [-0.3, -0.25) is 0 Å². The van der Waals surface area contributed by atoms with Crippen molar-refractivity contribution in [1.29, 1.82) is 15.8 Å². The number of nitrogens with two attached hydrogens (primary N) is 1. The van der Waals surface area contributed by atoms with Crippen LogP contribution < -0.4 is 10.5 Å². The van der Waals surface area contributed by atoms with E-state index < -0.39 is 17.3 Å². The Kier molecular flexibility index (Phi) is 5.89. The molecule has 1 aliphatic carbocycles. The molecule has 2 aromatic carbocycles. The molecule has 2 aromatic rings. The highest BCUT2D eigenvalue weighted by Crippen LogP contribution is 2.55. The molecule has 158 valence electrons. The van der Waals surface area contributed by atoms with Crippen molar-refractivity contribution >= 4 is 11.6 Å². The van der Waals surface area contributed by atoms with E-state index in [1.54, 1.807) is 18.2 Å². The van der Waals surface area contributed by atoms with E-state index in [2.05, 4.69) is 18.2 Å². The Hall–Kier alpha value is -3.76. The highest BCUT2D eigenvalue weighted by molar-refractivity contribution is 6.31. The van der Waals surface area contributed by atoms with Crippen molar-refractivity contribution < 1.29 is 9.47 Å². The number of allylic oxidation sites excluding steroid dienone is 2.